The Hall–Kier alpha value is -2.83. The monoisotopic (exact) mass is 502 g/mol. The highest BCUT2D eigenvalue weighted by Crippen LogP contribution is 2.37. The van der Waals surface area contributed by atoms with Gasteiger partial charge in [0.1, 0.15) is 6.61 Å². The highest BCUT2D eigenvalue weighted by molar-refractivity contribution is 9.10. The fraction of sp³-hybridized carbons (Fsp3) is 0.167. The Morgan fingerprint density at radius 3 is 2.29 bits per heavy atom. The van der Waals surface area contributed by atoms with E-state index in [1.807, 2.05) is 31.2 Å². The average Bonchev–Trinajstić information content (AvgIpc) is 2.77. The Morgan fingerprint density at radius 1 is 0.968 bits per heavy atom. The summed E-state index contributed by atoms with van der Waals surface area (Å²) in [5.74, 6) is -0.130. The summed E-state index contributed by atoms with van der Waals surface area (Å²) in [7, 11) is 1.49. The molecule has 0 aliphatic rings. The molecule has 3 rings (SSSR count). The van der Waals surface area contributed by atoms with Gasteiger partial charge in [-0.3, -0.25) is 4.79 Å². The van der Waals surface area contributed by atoms with Crippen molar-refractivity contribution in [3.63, 3.8) is 0 Å². The molecule has 0 aliphatic carbocycles. The molecule has 160 valence electrons. The number of esters is 1. The van der Waals surface area contributed by atoms with Gasteiger partial charge in [-0.15, -0.1) is 0 Å². The van der Waals surface area contributed by atoms with E-state index < -0.39 is 5.97 Å². The van der Waals surface area contributed by atoms with E-state index in [2.05, 4.69) is 15.9 Å². The Bertz CT molecular complexity index is 1080. The molecule has 0 spiro atoms. The quantitative estimate of drug-likeness (QED) is 0.277. The number of hydrogen-bond donors (Lipinski definition) is 0. The maximum absolute atomic E-state index is 12.5. The zero-order valence-corrected chi connectivity index (χ0v) is 19.3. The van der Waals surface area contributed by atoms with Gasteiger partial charge in [-0.05, 0) is 64.8 Å². The third-order valence-corrected chi connectivity index (χ3v) is 5.31. The number of rotatable bonds is 8. The van der Waals surface area contributed by atoms with Crippen molar-refractivity contribution in [2.24, 2.45) is 0 Å². The first-order valence-electron chi connectivity index (χ1n) is 9.39. The molecule has 0 atom stereocenters. The largest absolute Gasteiger partial charge is 0.493 e. The third kappa shape index (κ3) is 6.09. The van der Waals surface area contributed by atoms with Crippen LogP contribution in [0, 0.1) is 6.92 Å². The summed E-state index contributed by atoms with van der Waals surface area (Å²) >= 11 is 9.24. The summed E-state index contributed by atoms with van der Waals surface area (Å²) in [5, 5.41) is 0.523. The summed E-state index contributed by atoms with van der Waals surface area (Å²) in [6, 6.07) is 17.5. The van der Waals surface area contributed by atoms with Gasteiger partial charge in [0.15, 0.2) is 23.9 Å². The van der Waals surface area contributed by atoms with Crippen molar-refractivity contribution in [1.29, 1.82) is 0 Å². The summed E-state index contributed by atoms with van der Waals surface area (Å²) in [5.41, 5.74) is 2.81. The van der Waals surface area contributed by atoms with Crippen LogP contribution in [-0.4, -0.2) is 25.5 Å². The maximum Gasteiger partial charge on any atom is 0.338 e. The summed E-state index contributed by atoms with van der Waals surface area (Å²) in [4.78, 5) is 24.7. The van der Waals surface area contributed by atoms with E-state index in [0.717, 1.165) is 5.56 Å². The number of hydrogen-bond acceptors (Lipinski definition) is 5. The van der Waals surface area contributed by atoms with E-state index in [-0.39, 0.29) is 18.0 Å². The number of methoxy groups -OCH3 is 1. The molecule has 0 bridgehead atoms. The van der Waals surface area contributed by atoms with Crippen LogP contribution >= 0.6 is 27.5 Å². The molecule has 0 unspecified atom stereocenters. The minimum Gasteiger partial charge on any atom is -0.493 e. The van der Waals surface area contributed by atoms with Gasteiger partial charge in [0.2, 0.25) is 0 Å². The van der Waals surface area contributed by atoms with Gasteiger partial charge in [0, 0.05) is 10.6 Å². The van der Waals surface area contributed by atoms with Crippen molar-refractivity contribution < 1.29 is 23.8 Å². The van der Waals surface area contributed by atoms with E-state index in [1.54, 1.807) is 30.3 Å². The predicted molar refractivity (Wildman–Crippen MR) is 122 cm³/mol. The number of carbonyl (C=O) groups is 2. The Kier molecular flexibility index (Phi) is 7.71. The number of ketones is 1. The molecule has 7 heteroatoms. The van der Waals surface area contributed by atoms with Crippen LogP contribution in [0.4, 0.5) is 0 Å². The predicted octanol–water partition coefficient (Wildman–Crippen LogP) is 6.04. The molecule has 0 heterocycles. The number of carbonyl (C=O) groups excluding carboxylic acids is 2. The lowest BCUT2D eigenvalue weighted by Gasteiger charge is -2.14. The molecule has 0 aromatic heterocycles. The minimum atomic E-state index is -0.647. The van der Waals surface area contributed by atoms with Crippen LogP contribution in [0.2, 0.25) is 5.02 Å². The summed E-state index contributed by atoms with van der Waals surface area (Å²) in [6.45, 7) is 1.98. The van der Waals surface area contributed by atoms with Crippen LogP contribution in [0.3, 0.4) is 0 Å². The van der Waals surface area contributed by atoms with Gasteiger partial charge in [-0.25, -0.2) is 4.79 Å². The van der Waals surface area contributed by atoms with Crippen molar-refractivity contribution in [3.8, 4) is 11.5 Å². The number of Topliss-reactive ketones (excluding diaryl/α,β-unsaturated/α-hetero) is 1. The second-order valence-corrected chi connectivity index (χ2v) is 8.06. The van der Waals surface area contributed by atoms with E-state index in [0.29, 0.717) is 33.2 Å². The molecule has 0 saturated heterocycles. The molecule has 0 fully saturated rings. The van der Waals surface area contributed by atoms with Crippen LogP contribution in [0.15, 0.2) is 65.1 Å². The normalized spacial score (nSPS) is 10.5. The van der Waals surface area contributed by atoms with E-state index in [9.17, 15) is 9.59 Å². The fourth-order valence-electron chi connectivity index (χ4n) is 2.75. The Morgan fingerprint density at radius 2 is 1.65 bits per heavy atom. The lowest BCUT2D eigenvalue weighted by Crippen LogP contribution is -2.14. The first-order valence-corrected chi connectivity index (χ1v) is 10.6. The third-order valence-electron chi connectivity index (χ3n) is 4.47. The van der Waals surface area contributed by atoms with Crippen LogP contribution < -0.4 is 9.47 Å². The second kappa shape index (κ2) is 10.5. The standard InChI is InChI=1S/C24H20BrClO5/c1-15-3-5-16(6-4-15)13-30-23-20(25)11-18(12-22(23)29-2)24(28)31-14-21(27)17-7-9-19(26)10-8-17/h3-12H,13-14H2,1-2H3. The number of ether oxygens (including phenoxy) is 3. The molecule has 0 N–H and O–H groups in total. The lowest BCUT2D eigenvalue weighted by atomic mass is 10.1. The highest BCUT2D eigenvalue weighted by atomic mass is 79.9. The van der Waals surface area contributed by atoms with E-state index in [4.69, 9.17) is 25.8 Å². The average molecular weight is 504 g/mol. The van der Waals surface area contributed by atoms with E-state index >= 15 is 0 Å². The van der Waals surface area contributed by atoms with Gasteiger partial charge < -0.3 is 14.2 Å². The van der Waals surface area contributed by atoms with Gasteiger partial charge >= 0.3 is 5.97 Å². The fourth-order valence-corrected chi connectivity index (χ4v) is 3.43. The molecule has 31 heavy (non-hydrogen) atoms. The SMILES string of the molecule is COc1cc(C(=O)OCC(=O)c2ccc(Cl)cc2)cc(Br)c1OCc1ccc(C)cc1. The van der Waals surface area contributed by atoms with Gasteiger partial charge in [-0.2, -0.15) is 0 Å². The highest BCUT2D eigenvalue weighted by Gasteiger charge is 2.18. The first-order chi connectivity index (χ1) is 14.9. The van der Waals surface area contributed by atoms with Crippen LogP contribution in [0.5, 0.6) is 11.5 Å². The zero-order valence-electron chi connectivity index (χ0n) is 17.0. The van der Waals surface area contributed by atoms with Crippen molar-refractivity contribution in [2.45, 2.75) is 13.5 Å². The second-order valence-electron chi connectivity index (χ2n) is 6.77. The van der Waals surface area contributed by atoms with Crippen molar-refractivity contribution in [3.05, 3.63) is 92.4 Å². The number of benzene rings is 3. The Balaban J connectivity index is 1.67. The smallest absolute Gasteiger partial charge is 0.338 e. The molecule has 0 saturated carbocycles. The van der Waals surface area contributed by atoms with Crippen molar-refractivity contribution >= 4 is 39.3 Å². The summed E-state index contributed by atoms with van der Waals surface area (Å²) in [6.07, 6.45) is 0. The molecule has 5 nitrogen and oxygen atoms in total. The Labute approximate surface area is 194 Å². The molecule has 3 aromatic carbocycles. The lowest BCUT2D eigenvalue weighted by molar-refractivity contribution is 0.0474. The minimum absolute atomic E-state index is 0.232. The molecule has 3 aromatic rings. The number of halogens is 2. The van der Waals surface area contributed by atoms with Gasteiger partial charge in [-0.1, -0.05) is 41.4 Å². The van der Waals surface area contributed by atoms with Crippen LogP contribution in [0.25, 0.3) is 0 Å². The van der Waals surface area contributed by atoms with Crippen molar-refractivity contribution in [2.75, 3.05) is 13.7 Å². The maximum atomic E-state index is 12.5. The zero-order chi connectivity index (χ0) is 22.4. The van der Waals surface area contributed by atoms with E-state index in [1.165, 1.54) is 18.7 Å². The molecular weight excluding hydrogens is 484 g/mol. The van der Waals surface area contributed by atoms with Gasteiger partial charge in [0.05, 0.1) is 17.1 Å². The summed E-state index contributed by atoms with van der Waals surface area (Å²) < 4.78 is 17.0. The van der Waals surface area contributed by atoms with Gasteiger partial charge in [0.25, 0.3) is 0 Å². The van der Waals surface area contributed by atoms with Crippen molar-refractivity contribution in [1.82, 2.24) is 0 Å². The first kappa shape index (κ1) is 22.8. The topological polar surface area (TPSA) is 61.8 Å². The van der Waals surface area contributed by atoms with Crippen LogP contribution in [0.1, 0.15) is 31.8 Å². The van der Waals surface area contributed by atoms with Crippen LogP contribution in [-0.2, 0) is 11.3 Å². The number of aryl methyl sites for hydroxylation is 1. The molecule has 0 amide bonds. The molecular formula is C24H20BrClO5. The molecule has 0 aliphatic heterocycles. The molecule has 0 radical (unpaired) electrons.